The molecule has 0 atom stereocenters. The summed E-state index contributed by atoms with van der Waals surface area (Å²) in [5.74, 6) is 1.06. The minimum absolute atomic E-state index is 0.495. The minimum Gasteiger partial charge on any atom is -0.421 e. The predicted molar refractivity (Wildman–Crippen MR) is 55.0 cm³/mol. The molecular formula is C10H12N4O. The molecule has 0 unspecified atom stereocenters. The Balaban J connectivity index is 2.29. The second kappa shape index (κ2) is 4.18. The average molecular weight is 204 g/mol. The molecule has 0 fully saturated rings. The van der Waals surface area contributed by atoms with Gasteiger partial charge in [-0.1, -0.05) is 0 Å². The maximum absolute atomic E-state index is 5.42. The molecule has 0 saturated heterocycles. The van der Waals surface area contributed by atoms with Crippen molar-refractivity contribution < 1.29 is 4.42 Å². The van der Waals surface area contributed by atoms with Gasteiger partial charge in [-0.3, -0.25) is 4.98 Å². The van der Waals surface area contributed by atoms with E-state index in [1.807, 2.05) is 13.0 Å². The van der Waals surface area contributed by atoms with Gasteiger partial charge in [-0.25, -0.2) is 0 Å². The number of aryl methyl sites for hydroxylation is 1. The lowest BCUT2D eigenvalue weighted by molar-refractivity contribution is 0.507. The molecular weight excluding hydrogens is 192 g/mol. The summed E-state index contributed by atoms with van der Waals surface area (Å²) >= 11 is 0. The van der Waals surface area contributed by atoms with E-state index in [4.69, 9.17) is 10.2 Å². The van der Waals surface area contributed by atoms with Crippen LogP contribution in [0.2, 0.25) is 0 Å². The second-order valence-electron chi connectivity index (χ2n) is 3.29. The first-order chi connectivity index (χ1) is 7.29. The highest BCUT2D eigenvalue weighted by Crippen LogP contribution is 2.17. The van der Waals surface area contributed by atoms with Gasteiger partial charge in [0.25, 0.3) is 0 Å². The van der Waals surface area contributed by atoms with Crippen LogP contribution in [-0.2, 0) is 6.42 Å². The number of hydrogen-bond donors (Lipinski definition) is 1. The Morgan fingerprint density at radius 1 is 1.33 bits per heavy atom. The molecule has 0 aliphatic heterocycles. The SMILES string of the molecule is Cc1cncc(-c2nnc(CCN)o2)c1. The monoisotopic (exact) mass is 204 g/mol. The fraction of sp³-hybridized carbons (Fsp3) is 0.300. The van der Waals surface area contributed by atoms with Gasteiger partial charge in [0.1, 0.15) is 0 Å². The molecule has 15 heavy (non-hydrogen) atoms. The lowest BCUT2D eigenvalue weighted by Crippen LogP contribution is -2.02. The van der Waals surface area contributed by atoms with Gasteiger partial charge in [0, 0.05) is 25.4 Å². The normalized spacial score (nSPS) is 10.5. The van der Waals surface area contributed by atoms with Gasteiger partial charge in [-0.05, 0) is 18.6 Å². The molecule has 0 aromatic carbocycles. The number of pyridine rings is 1. The van der Waals surface area contributed by atoms with Crippen molar-refractivity contribution in [2.75, 3.05) is 6.54 Å². The zero-order chi connectivity index (χ0) is 10.7. The molecule has 0 bridgehead atoms. The highest BCUT2D eigenvalue weighted by Gasteiger charge is 2.07. The number of aromatic nitrogens is 3. The Bertz CT molecular complexity index is 452. The lowest BCUT2D eigenvalue weighted by atomic mass is 10.2. The topological polar surface area (TPSA) is 77.8 Å². The molecule has 2 heterocycles. The number of nitrogens with two attached hydrogens (primary N) is 1. The first-order valence-electron chi connectivity index (χ1n) is 4.74. The smallest absolute Gasteiger partial charge is 0.249 e. The Kier molecular flexibility index (Phi) is 2.73. The first kappa shape index (κ1) is 9.79. The van der Waals surface area contributed by atoms with Gasteiger partial charge in [-0.15, -0.1) is 10.2 Å². The van der Waals surface area contributed by atoms with Gasteiger partial charge >= 0.3 is 0 Å². The van der Waals surface area contributed by atoms with Crippen molar-refractivity contribution >= 4 is 0 Å². The molecule has 0 aliphatic rings. The van der Waals surface area contributed by atoms with E-state index in [1.54, 1.807) is 12.4 Å². The molecule has 0 saturated carbocycles. The van der Waals surface area contributed by atoms with E-state index in [9.17, 15) is 0 Å². The lowest BCUT2D eigenvalue weighted by Gasteiger charge is -1.95. The zero-order valence-corrected chi connectivity index (χ0v) is 8.47. The molecule has 78 valence electrons. The summed E-state index contributed by atoms with van der Waals surface area (Å²) < 4.78 is 5.42. The second-order valence-corrected chi connectivity index (χ2v) is 3.29. The maximum atomic E-state index is 5.42. The summed E-state index contributed by atoms with van der Waals surface area (Å²) in [4.78, 5) is 4.06. The van der Waals surface area contributed by atoms with Crippen LogP contribution in [0.15, 0.2) is 22.9 Å². The van der Waals surface area contributed by atoms with Gasteiger partial charge in [0.05, 0.1) is 5.56 Å². The Labute approximate surface area is 87.3 Å². The molecule has 2 aromatic heterocycles. The van der Waals surface area contributed by atoms with Gasteiger partial charge < -0.3 is 10.2 Å². The Hall–Kier alpha value is -1.75. The third-order valence-electron chi connectivity index (χ3n) is 1.95. The molecule has 0 aliphatic carbocycles. The quantitative estimate of drug-likeness (QED) is 0.805. The first-order valence-corrected chi connectivity index (χ1v) is 4.74. The van der Waals surface area contributed by atoms with Gasteiger partial charge in [-0.2, -0.15) is 0 Å². The average Bonchev–Trinajstić information content (AvgIpc) is 2.67. The third-order valence-corrected chi connectivity index (χ3v) is 1.95. The van der Waals surface area contributed by atoms with Crippen LogP contribution < -0.4 is 5.73 Å². The summed E-state index contributed by atoms with van der Waals surface area (Å²) in [6.45, 7) is 2.47. The fourth-order valence-electron chi connectivity index (χ4n) is 1.27. The van der Waals surface area contributed by atoms with Crippen molar-refractivity contribution in [2.24, 2.45) is 5.73 Å². The summed E-state index contributed by atoms with van der Waals surface area (Å²) in [7, 11) is 0. The molecule has 2 rings (SSSR count). The largest absolute Gasteiger partial charge is 0.421 e. The molecule has 0 spiro atoms. The number of hydrogen-bond acceptors (Lipinski definition) is 5. The van der Waals surface area contributed by atoms with E-state index in [0.29, 0.717) is 24.7 Å². The Morgan fingerprint density at radius 2 is 2.20 bits per heavy atom. The van der Waals surface area contributed by atoms with Crippen LogP contribution in [0, 0.1) is 6.92 Å². The standard InChI is InChI=1S/C10H12N4O/c1-7-4-8(6-12-5-7)10-14-13-9(15-10)2-3-11/h4-6H,2-3,11H2,1H3. The summed E-state index contributed by atoms with van der Waals surface area (Å²) in [5.41, 5.74) is 7.29. The summed E-state index contributed by atoms with van der Waals surface area (Å²) in [5, 5.41) is 7.82. The number of rotatable bonds is 3. The van der Waals surface area contributed by atoms with Crippen molar-refractivity contribution in [2.45, 2.75) is 13.3 Å². The maximum Gasteiger partial charge on any atom is 0.249 e. The molecule has 2 aromatic rings. The molecule has 2 N–H and O–H groups in total. The van der Waals surface area contributed by atoms with E-state index < -0.39 is 0 Å². The highest BCUT2D eigenvalue weighted by molar-refractivity contribution is 5.51. The molecule has 5 heteroatoms. The van der Waals surface area contributed by atoms with Gasteiger partial charge in [0.2, 0.25) is 11.8 Å². The molecule has 5 nitrogen and oxygen atoms in total. The fourth-order valence-corrected chi connectivity index (χ4v) is 1.27. The van der Waals surface area contributed by atoms with Crippen molar-refractivity contribution in [1.29, 1.82) is 0 Å². The van der Waals surface area contributed by atoms with Gasteiger partial charge in [0.15, 0.2) is 0 Å². The van der Waals surface area contributed by atoms with Crippen LogP contribution in [-0.4, -0.2) is 21.7 Å². The third kappa shape index (κ3) is 2.19. The van der Waals surface area contributed by atoms with Crippen molar-refractivity contribution in [3.8, 4) is 11.5 Å². The van der Waals surface area contributed by atoms with Crippen LogP contribution in [0.1, 0.15) is 11.5 Å². The van der Waals surface area contributed by atoms with E-state index >= 15 is 0 Å². The molecule has 0 radical (unpaired) electrons. The van der Waals surface area contributed by atoms with Crippen LogP contribution >= 0.6 is 0 Å². The minimum atomic E-state index is 0.495. The van der Waals surface area contributed by atoms with Crippen molar-refractivity contribution in [1.82, 2.24) is 15.2 Å². The number of nitrogens with zero attached hydrogens (tertiary/aromatic N) is 3. The summed E-state index contributed by atoms with van der Waals surface area (Å²) in [6.07, 6.45) is 4.08. The summed E-state index contributed by atoms with van der Waals surface area (Å²) in [6, 6.07) is 1.95. The highest BCUT2D eigenvalue weighted by atomic mass is 16.4. The van der Waals surface area contributed by atoms with E-state index in [1.165, 1.54) is 0 Å². The van der Waals surface area contributed by atoms with Crippen LogP contribution in [0.4, 0.5) is 0 Å². The van der Waals surface area contributed by atoms with Crippen LogP contribution in [0.3, 0.4) is 0 Å². The van der Waals surface area contributed by atoms with E-state index in [0.717, 1.165) is 11.1 Å². The molecule has 0 amide bonds. The predicted octanol–water partition coefficient (Wildman–Crippen LogP) is 0.941. The van der Waals surface area contributed by atoms with E-state index in [-0.39, 0.29) is 0 Å². The van der Waals surface area contributed by atoms with Crippen molar-refractivity contribution in [3.63, 3.8) is 0 Å². The van der Waals surface area contributed by atoms with E-state index in [2.05, 4.69) is 15.2 Å². The van der Waals surface area contributed by atoms with Crippen molar-refractivity contribution in [3.05, 3.63) is 29.9 Å². The van der Waals surface area contributed by atoms with Crippen LogP contribution in [0.5, 0.6) is 0 Å². The Morgan fingerprint density at radius 3 is 2.93 bits per heavy atom. The van der Waals surface area contributed by atoms with Crippen LogP contribution in [0.25, 0.3) is 11.5 Å². The zero-order valence-electron chi connectivity index (χ0n) is 8.47.